The average molecular weight is 237 g/mol. The summed E-state index contributed by atoms with van der Waals surface area (Å²) in [6.07, 6.45) is 0. The molecule has 92 valence electrons. The van der Waals surface area contributed by atoms with Gasteiger partial charge in [-0.05, 0) is 17.7 Å². The van der Waals surface area contributed by atoms with Gasteiger partial charge in [-0.3, -0.25) is 0 Å². The zero-order valence-electron chi connectivity index (χ0n) is 9.77. The predicted molar refractivity (Wildman–Crippen MR) is 63.8 cm³/mol. The van der Waals surface area contributed by atoms with E-state index in [-0.39, 0.29) is 5.96 Å². The number of hydrogen-bond acceptors (Lipinski definition) is 4. The fraction of sp³-hybridized carbons (Fsp3) is 0.273. The minimum absolute atomic E-state index is 0.0148. The molecule has 0 amide bonds. The van der Waals surface area contributed by atoms with E-state index in [2.05, 4.69) is 9.73 Å². The van der Waals surface area contributed by atoms with E-state index in [9.17, 15) is 4.79 Å². The monoisotopic (exact) mass is 237 g/mol. The van der Waals surface area contributed by atoms with Gasteiger partial charge in [-0.1, -0.05) is 6.07 Å². The number of nitrogens with zero attached hydrogens (tertiary/aromatic N) is 1. The van der Waals surface area contributed by atoms with Crippen LogP contribution in [0.25, 0.3) is 0 Å². The zero-order chi connectivity index (χ0) is 12.8. The largest absolute Gasteiger partial charge is 0.496 e. The van der Waals surface area contributed by atoms with Crippen LogP contribution >= 0.6 is 0 Å². The Morgan fingerprint density at radius 3 is 2.59 bits per heavy atom. The highest BCUT2D eigenvalue weighted by atomic mass is 16.5. The first-order valence-corrected chi connectivity index (χ1v) is 4.89. The molecule has 1 rings (SSSR count). The van der Waals surface area contributed by atoms with Gasteiger partial charge in [-0.25, -0.2) is 9.79 Å². The van der Waals surface area contributed by atoms with Crippen LogP contribution in [0.4, 0.5) is 0 Å². The molecule has 0 fully saturated rings. The van der Waals surface area contributed by atoms with Crippen LogP contribution in [0.1, 0.15) is 15.9 Å². The third-order valence-corrected chi connectivity index (χ3v) is 2.12. The fourth-order valence-corrected chi connectivity index (χ4v) is 1.30. The maximum absolute atomic E-state index is 11.4. The van der Waals surface area contributed by atoms with Crippen molar-refractivity contribution in [2.24, 2.45) is 16.5 Å². The first kappa shape index (κ1) is 12.8. The number of methoxy groups -OCH3 is 2. The van der Waals surface area contributed by atoms with Gasteiger partial charge in [0.25, 0.3) is 0 Å². The van der Waals surface area contributed by atoms with Crippen LogP contribution in [-0.2, 0) is 11.3 Å². The molecule has 17 heavy (non-hydrogen) atoms. The molecule has 0 radical (unpaired) electrons. The van der Waals surface area contributed by atoms with Crippen LogP contribution in [0.3, 0.4) is 0 Å². The van der Waals surface area contributed by atoms with Crippen molar-refractivity contribution in [2.45, 2.75) is 6.54 Å². The molecule has 4 N–H and O–H groups in total. The van der Waals surface area contributed by atoms with Crippen molar-refractivity contribution in [3.8, 4) is 5.75 Å². The number of nitrogens with two attached hydrogens (primary N) is 2. The molecule has 0 aromatic heterocycles. The molecule has 0 aliphatic carbocycles. The van der Waals surface area contributed by atoms with Gasteiger partial charge in [0, 0.05) is 0 Å². The van der Waals surface area contributed by atoms with Gasteiger partial charge in [0.1, 0.15) is 11.3 Å². The summed E-state index contributed by atoms with van der Waals surface area (Å²) in [5, 5.41) is 0. The minimum atomic E-state index is -0.449. The van der Waals surface area contributed by atoms with Crippen molar-refractivity contribution in [3.63, 3.8) is 0 Å². The van der Waals surface area contributed by atoms with Crippen LogP contribution < -0.4 is 16.2 Å². The van der Waals surface area contributed by atoms with E-state index in [1.165, 1.54) is 14.2 Å². The van der Waals surface area contributed by atoms with Gasteiger partial charge in [0.05, 0.1) is 20.8 Å². The van der Waals surface area contributed by atoms with Crippen LogP contribution in [0.5, 0.6) is 5.75 Å². The molecule has 0 bridgehead atoms. The van der Waals surface area contributed by atoms with Crippen LogP contribution in [0.15, 0.2) is 23.2 Å². The van der Waals surface area contributed by atoms with Crippen LogP contribution in [0, 0.1) is 0 Å². The van der Waals surface area contributed by atoms with Crippen LogP contribution in [-0.4, -0.2) is 26.1 Å². The lowest BCUT2D eigenvalue weighted by atomic mass is 10.1. The molecule has 0 aliphatic heterocycles. The molecule has 0 unspecified atom stereocenters. The number of esters is 1. The second-order valence-electron chi connectivity index (χ2n) is 3.27. The molecule has 6 nitrogen and oxygen atoms in total. The van der Waals surface area contributed by atoms with Crippen molar-refractivity contribution in [1.29, 1.82) is 0 Å². The van der Waals surface area contributed by atoms with E-state index in [1.807, 2.05) is 0 Å². The number of ether oxygens (including phenoxy) is 2. The number of guanidine groups is 1. The normalized spacial score (nSPS) is 9.53. The summed E-state index contributed by atoms with van der Waals surface area (Å²) in [5.74, 6) is -0.00334. The quantitative estimate of drug-likeness (QED) is 0.444. The van der Waals surface area contributed by atoms with E-state index >= 15 is 0 Å². The van der Waals surface area contributed by atoms with Crippen molar-refractivity contribution in [2.75, 3.05) is 14.2 Å². The molecule has 0 saturated carbocycles. The minimum Gasteiger partial charge on any atom is -0.496 e. The fourth-order valence-electron chi connectivity index (χ4n) is 1.30. The average Bonchev–Trinajstić information content (AvgIpc) is 2.34. The number of hydrogen-bond donors (Lipinski definition) is 2. The zero-order valence-corrected chi connectivity index (χ0v) is 9.77. The summed E-state index contributed by atoms with van der Waals surface area (Å²) in [7, 11) is 2.79. The Morgan fingerprint density at radius 1 is 1.35 bits per heavy atom. The predicted octanol–water partition coefficient (Wildman–Crippen LogP) is 0.255. The highest BCUT2D eigenvalue weighted by Crippen LogP contribution is 2.21. The Kier molecular flexibility index (Phi) is 4.33. The number of benzene rings is 1. The smallest absolute Gasteiger partial charge is 0.341 e. The first-order valence-electron chi connectivity index (χ1n) is 4.89. The molecule has 6 heteroatoms. The van der Waals surface area contributed by atoms with Gasteiger partial charge in [0.2, 0.25) is 0 Å². The Morgan fingerprint density at radius 2 is 2.06 bits per heavy atom. The molecule has 1 aromatic carbocycles. The SMILES string of the molecule is COC(=O)c1ccc(CN=C(N)N)cc1OC. The van der Waals surface area contributed by atoms with E-state index in [1.54, 1.807) is 18.2 Å². The van der Waals surface area contributed by atoms with Crippen molar-refractivity contribution >= 4 is 11.9 Å². The lowest BCUT2D eigenvalue weighted by Crippen LogP contribution is -2.22. The maximum atomic E-state index is 11.4. The summed E-state index contributed by atoms with van der Waals surface area (Å²) in [4.78, 5) is 15.3. The number of carbonyl (C=O) groups is 1. The molecule has 1 aromatic rings. The standard InChI is InChI=1S/C11H15N3O3/c1-16-9-5-7(6-14-11(12)13)3-4-8(9)10(15)17-2/h3-5H,6H2,1-2H3,(H4,12,13,14). The number of aliphatic imine (C=N–C) groups is 1. The molecule has 0 atom stereocenters. The van der Waals surface area contributed by atoms with Gasteiger partial charge in [0.15, 0.2) is 5.96 Å². The summed E-state index contributed by atoms with van der Waals surface area (Å²) >= 11 is 0. The van der Waals surface area contributed by atoms with E-state index in [0.29, 0.717) is 17.9 Å². The Balaban J connectivity index is 3.00. The summed E-state index contributed by atoms with van der Waals surface area (Å²) in [6, 6.07) is 5.04. The third-order valence-electron chi connectivity index (χ3n) is 2.12. The van der Waals surface area contributed by atoms with Crippen molar-refractivity contribution in [3.05, 3.63) is 29.3 Å². The van der Waals surface area contributed by atoms with E-state index in [0.717, 1.165) is 5.56 Å². The van der Waals surface area contributed by atoms with Crippen molar-refractivity contribution in [1.82, 2.24) is 0 Å². The second-order valence-corrected chi connectivity index (χ2v) is 3.27. The number of rotatable bonds is 4. The van der Waals surface area contributed by atoms with Gasteiger partial charge in [-0.15, -0.1) is 0 Å². The Labute approximate surface area is 99.2 Å². The lowest BCUT2D eigenvalue weighted by molar-refractivity contribution is 0.0597. The summed E-state index contributed by atoms with van der Waals surface area (Å²) in [6.45, 7) is 0.333. The third kappa shape index (κ3) is 3.37. The molecule has 0 aliphatic rings. The molecule has 0 spiro atoms. The first-order chi connectivity index (χ1) is 8.08. The highest BCUT2D eigenvalue weighted by molar-refractivity contribution is 5.92. The highest BCUT2D eigenvalue weighted by Gasteiger charge is 2.12. The molecule has 0 heterocycles. The summed E-state index contributed by atoms with van der Waals surface area (Å²) in [5.41, 5.74) is 11.7. The number of carbonyl (C=O) groups excluding carboxylic acids is 1. The van der Waals surface area contributed by atoms with Crippen molar-refractivity contribution < 1.29 is 14.3 Å². The van der Waals surface area contributed by atoms with Gasteiger partial charge >= 0.3 is 5.97 Å². The Bertz CT molecular complexity index is 440. The van der Waals surface area contributed by atoms with Gasteiger partial charge in [-0.2, -0.15) is 0 Å². The maximum Gasteiger partial charge on any atom is 0.341 e. The summed E-state index contributed by atoms with van der Waals surface area (Å²) < 4.78 is 9.73. The Hall–Kier alpha value is -2.24. The molecular weight excluding hydrogens is 222 g/mol. The molecule has 0 saturated heterocycles. The van der Waals surface area contributed by atoms with E-state index in [4.69, 9.17) is 16.2 Å². The lowest BCUT2D eigenvalue weighted by Gasteiger charge is -2.08. The van der Waals surface area contributed by atoms with Crippen LogP contribution in [0.2, 0.25) is 0 Å². The molecular formula is C11H15N3O3. The topological polar surface area (TPSA) is 99.9 Å². The van der Waals surface area contributed by atoms with E-state index < -0.39 is 5.97 Å². The second kappa shape index (κ2) is 5.74. The van der Waals surface area contributed by atoms with Gasteiger partial charge < -0.3 is 20.9 Å².